The van der Waals surface area contributed by atoms with Gasteiger partial charge in [0.1, 0.15) is 0 Å². The molecule has 2 aromatic rings. The molecule has 0 heterocycles. The first-order chi connectivity index (χ1) is 38.4. The van der Waals surface area contributed by atoms with Crippen LogP contribution in [0.1, 0.15) is 351 Å². The van der Waals surface area contributed by atoms with E-state index in [0.29, 0.717) is 6.42 Å². The van der Waals surface area contributed by atoms with Gasteiger partial charge in [-0.05, 0) is 115 Å². The van der Waals surface area contributed by atoms with E-state index in [0.717, 1.165) is 88.2 Å². The second kappa shape index (κ2) is 52.9. The summed E-state index contributed by atoms with van der Waals surface area (Å²) < 4.78 is 0. The van der Waals surface area contributed by atoms with Gasteiger partial charge in [0.25, 0.3) is 0 Å². The molecular formula is C75H120N2Ni. The Morgan fingerprint density at radius 1 is 0.372 bits per heavy atom. The molecule has 0 fully saturated rings. The topological polar surface area (TPSA) is 36.4 Å². The summed E-state index contributed by atoms with van der Waals surface area (Å²) >= 11 is 1.31. The van der Waals surface area contributed by atoms with Crippen molar-refractivity contribution in [3.05, 3.63) is 85.5 Å². The number of unbranched alkanes of at least 4 members (excludes halogenated alkanes) is 27. The van der Waals surface area contributed by atoms with E-state index in [1.165, 1.54) is 235 Å². The average molecular weight is 1110 g/mol. The summed E-state index contributed by atoms with van der Waals surface area (Å²) in [4.78, 5) is 9.81. The third-order valence-corrected chi connectivity index (χ3v) is 15.9. The first kappa shape index (κ1) is 72.5. The van der Waals surface area contributed by atoms with E-state index in [2.05, 4.69) is 138 Å². The fraction of sp³-hybridized carbons (Fsp3) is 0.707. The zero-order chi connectivity index (χ0) is 56.9. The van der Waals surface area contributed by atoms with Crippen molar-refractivity contribution in [3.8, 4) is 33.5 Å². The molecule has 0 unspecified atom stereocenters. The molecule has 0 saturated heterocycles. The zero-order valence-corrected chi connectivity index (χ0v) is 53.9. The van der Waals surface area contributed by atoms with Gasteiger partial charge in [0.15, 0.2) is 0 Å². The molecule has 0 spiro atoms. The molecule has 0 radical (unpaired) electrons. The molecule has 0 aliphatic heterocycles. The molecule has 3 heteroatoms. The molecule has 0 atom stereocenters. The molecule has 0 amide bonds. The van der Waals surface area contributed by atoms with Crippen LogP contribution < -0.4 is 0 Å². The number of hydrogen-bond donors (Lipinski definition) is 0. The van der Waals surface area contributed by atoms with E-state index < -0.39 is 0 Å². The van der Waals surface area contributed by atoms with Crippen LogP contribution in [0.2, 0.25) is 0 Å². The second-order valence-corrected chi connectivity index (χ2v) is 23.2. The monoisotopic (exact) mass is 1110 g/mol. The van der Waals surface area contributed by atoms with Crippen LogP contribution in [-0.2, 0) is 53.0 Å². The molecule has 78 heavy (non-hydrogen) atoms. The van der Waals surface area contributed by atoms with Crippen LogP contribution in [0.15, 0.2) is 35.4 Å². The van der Waals surface area contributed by atoms with Crippen molar-refractivity contribution < 1.29 is 19.2 Å². The molecule has 2 rings (SSSR count). The van der Waals surface area contributed by atoms with Crippen LogP contribution in [-0.4, -0.2) is 10.7 Å². The van der Waals surface area contributed by atoms with Crippen LogP contribution in [0.25, 0.3) is 11.1 Å². The Morgan fingerprint density at radius 2 is 0.705 bits per heavy atom. The van der Waals surface area contributed by atoms with Gasteiger partial charge in [0.05, 0.1) is 11.1 Å². The number of nitrogens with zero attached hydrogens (tertiary/aromatic N) is 2. The van der Waals surface area contributed by atoms with Crippen LogP contribution >= 0.6 is 0 Å². The van der Waals surface area contributed by atoms with Crippen molar-refractivity contribution >= 4 is 11.4 Å². The van der Waals surface area contributed by atoms with Crippen molar-refractivity contribution in [2.24, 2.45) is 0 Å². The van der Waals surface area contributed by atoms with Crippen LogP contribution in [0, 0.1) is 33.5 Å². The Bertz CT molecular complexity index is 2050. The zero-order valence-electron chi connectivity index (χ0n) is 52.9. The second-order valence-electron chi connectivity index (χ2n) is 22.5. The first-order valence-electron chi connectivity index (χ1n) is 33.4. The molecule has 2 aromatic carbocycles. The molecule has 0 aliphatic carbocycles. The Balaban J connectivity index is 0.00000102. The molecule has 0 bridgehead atoms. The number of hydrogen-bond acceptors (Lipinski definition) is 0. The van der Waals surface area contributed by atoms with Gasteiger partial charge in [-0.3, -0.25) is 0 Å². The van der Waals surface area contributed by atoms with Gasteiger partial charge in [-0.1, -0.05) is 175 Å². The maximum atomic E-state index is 9.95. The van der Waals surface area contributed by atoms with Gasteiger partial charge in [0, 0.05) is 12.0 Å². The Hall–Kier alpha value is -3.49. The third-order valence-electron chi connectivity index (χ3n) is 15.3. The van der Waals surface area contributed by atoms with E-state index in [1.54, 1.807) is 22.3 Å². The van der Waals surface area contributed by atoms with E-state index >= 15 is 0 Å². The molecular weight excluding hydrogens is 988 g/mol. The Kier molecular flexibility index (Phi) is 49.2. The Labute approximate surface area is 492 Å². The quantitative estimate of drug-likeness (QED) is 0.0121. The summed E-state index contributed by atoms with van der Waals surface area (Å²) in [6.45, 7) is 22.9. The fourth-order valence-corrected chi connectivity index (χ4v) is 11.3. The van der Waals surface area contributed by atoms with Crippen LogP contribution in [0.3, 0.4) is 0 Å². The predicted molar refractivity (Wildman–Crippen MR) is 344 cm³/mol. The molecule has 0 N–H and O–H groups in total. The van der Waals surface area contributed by atoms with E-state index in [1.807, 2.05) is 0 Å². The summed E-state index contributed by atoms with van der Waals surface area (Å²) in [7, 11) is 0. The minimum absolute atomic E-state index is 0.702. The number of aryl methyl sites for hydroxylation is 4. The van der Waals surface area contributed by atoms with Gasteiger partial charge in [-0.2, -0.15) is 0 Å². The minimum atomic E-state index is 0.702. The summed E-state index contributed by atoms with van der Waals surface area (Å²) in [6.07, 6.45) is 53.2. The van der Waals surface area contributed by atoms with E-state index in [4.69, 9.17) is 0 Å². The van der Waals surface area contributed by atoms with E-state index in [9.17, 15) is 5.53 Å². The summed E-state index contributed by atoms with van der Waals surface area (Å²) in [6, 6.07) is 10.2. The van der Waals surface area contributed by atoms with E-state index in [-0.39, 0.29) is 0 Å². The summed E-state index contributed by atoms with van der Waals surface area (Å²) in [5.74, 6) is 16.9. The number of allylic oxidation sites excluding steroid dienone is 2. The predicted octanol–water partition coefficient (Wildman–Crippen LogP) is 23.2. The normalized spacial score (nSPS) is 11.1. The van der Waals surface area contributed by atoms with Gasteiger partial charge < -0.3 is 5.53 Å². The standard InChI is InChI=1S/C51H78N2.2C12H21.Ni/c1-9-17-21-22-23-24-28-35-50(41(16-8)40-53-52)51(46-36-42(29-13-5)48(31-15-7)43(37-46)30-14-6)47-38-44(32-25-18-10-2)49(34-27-20-12-4)45(39-47)33-26-19-11-3;2*1-3-5-7-9-11-12-10-8-6-4-2;/h36-39H,9-27,29-34H2,1-8H3;2*3,5-12H2,1H3;. The van der Waals surface area contributed by atoms with Crippen molar-refractivity contribution in [2.45, 2.75) is 345 Å². The fourth-order valence-electron chi connectivity index (χ4n) is 10.8. The van der Waals surface area contributed by atoms with Gasteiger partial charge in [0.2, 0.25) is 0 Å². The maximum absolute atomic E-state index is 9.95. The Morgan fingerprint density at radius 3 is 1.08 bits per heavy atom. The SMILES string of the molecule is CCCCCCCC#CC(C(=C=[N+]=[N-])CC)=C(c1cc(CCC)c(CCC)c(CCC)c1)c1cc(CCCCC)c(CCCCC)c(CCCCC)c1.CCCCCCCCCCC#[C][Ni][C]#CCCCCCCCCCC. The average Bonchev–Trinajstić information content (AvgIpc) is 3.48. The van der Waals surface area contributed by atoms with Crippen molar-refractivity contribution in [1.82, 2.24) is 0 Å². The molecule has 0 saturated carbocycles. The van der Waals surface area contributed by atoms with Crippen molar-refractivity contribution in [1.29, 1.82) is 0 Å². The molecule has 0 aliphatic rings. The summed E-state index contributed by atoms with van der Waals surface area (Å²) in [5.41, 5.74) is 24.9. The van der Waals surface area contributed by atoms with Crippen molar-refractivity contribution in [3.63, 3.8) is 0 Å². The first-order valence-corrected chi connectivity index (χ1v) is 34.4. The van der Waals surface area contributed by atoms with Crippen molar-refractivity contribution in [2.75, 3.05) is 0 Å². The molecule has 2 nitrogen and oxygen atoms in total. The van der Waals surface area contributed by atoms with Crippen LogP contribution in [0.5, 0.6) is 0 Å². The summed E-state index contributed by atoms with van der Waals surface area (Å²) in [5, 5.41) is 0. The van der Waals surface area contributed by atoms with Gasteiger partial charge in [-0.25, -0.2) is 0 Å². The third kappa shape index (κ3) is 34.0. The van der Waals surface area contributed by atoms with Gasteiger partial charge in [-0.15, -0.1) is 4.79 Å². The molecule has 0 aromatic heterocycles. The molecule has 440 valence electrons. The number of rotatable bonds is 43. The van der Waals surface area contributed by atoms with Gasteiger partial charge >= 0.3 is 171 Å². The number of benzene rings is 2. The van der Waals surface area contributed by atoms with Crippen LogP contribution in [0.4, 0.5) is 0 Å².